The first-order valence-electron chi connectivity index (χ1n) is 7.04. The van der Waals surface area contributed by atoms with E-state index in [0.717, 1.165) is 37.5 Å². The summed E-state index contributed by atoms with van der Waals surface area (Å²) < 4.78 is 5.48. The van der Waals surface area contributed by atoms with Crippen molar-refractivity contribution in [3.8, 4) is 0 Å². The summed E-state index contributed by atoms with van der Waals surface area (Å²) in [5.41, 5.74) is 0.362. The van der Waals surface area contributed by atoms with Gasteiger partial charge in [-0.25, -0.2) is 4.79 Å². The zero-order valence-corrected chi connectivity index (χ0v) is 12.2. The normalized spacial score (nSPS) is 31.9. The van der Waals surface area contributed by atoms with Crippen LogP contribution in [-0.4, -0.2) is 34.5 Å². The Bertz CT molecular complexity index is 422. The van der Waals surface area contributed by atoms with Crippen molar-refractivity contribution in [3.05, 3.63) is 11.6 Å². The molecule has 1 aliphatic carbocycles. The van der Waals surface area contributed by atoms with Crippen molar-refractivity contribution in [1.29, 1.82) is 0 Å². The number of nitrogens with zero attached hydrogens (tertiary/aromatic N) is 1. The molecule has 4 heteroatoms. The van der Waals surface area contributed by atoms with Gasteiger partial charge in [0.15, 0.2) is 0 Å². The van der Waals surface area contributed by atoms with Crippen molar-refractivity contribution in [2.24, 2.45) is 0 Å². The first kappa shape index (κ1) is 14.1. The Morgan fingerprint density at radius 2 is 2.21 bits per heavy atom. The zero-order chi connectivity index (χ0) is 14.3. The van der Waals surface area contributed by atoms with Gasteiger partial charge in [-0.3, -0.25) is 9.69 Å². The number of carbonyl (C=O) groups excluding carboxylic acids is 2. The van der Waals surface area contributed by atoms with Crippen LogP contribution in [0.5, 0.6) is 0 Å². The number of carbonyl (C=O) groups is 2. The monoisotopic (exact) mass is 265 g/mol. The molecule has 2 fully saturated rings. The summed E-state index contributed by atoms with van der Waals surface area (Å²) >= 11 is 0. The number of fused-ring (bicyclic) bond motifs is 1. The number of amides is 1. The molecule has 19 heavy (non-hydrogen) atoms. The third kappa shape index (κ3) is 2.28. The van der Waals surface area contributed by atoms with Crippen molar-refractivity contribution in [2.45, 2.75) is 70.6 Å². The summed E-state index contributed by atoms with van der Waals surface area (Å²) in [5.74, 6) is 0. The van der Waals surface area contributed by atoms with Gasteiger partial charge in [0.25, 0.3) is 0 Å². The van der Waals surface area contributed by atoms with E-state index in [-0.39, 0.29) is 17.7 Å². The van der Waals surface area contributed by atoms with Crippen molar-refractivity contribution >= 4 is 12.4 Å². The van der Waals surface area contributed by atoms with Gasteiger partial charge in [0, 0.05) is 0 Å². The lowest BCUT2D eigenvalue weighted by molar-refractivity contribution is -0.104. The number of rotatable bonds is 2. The number of allylic oxidation sites excluding steroid dienone is 1. The van der Waals surface area contributed by atoms with E-state index in [1.54, 1.807) is 6.08 Å². The standard InChI is InChI=1S/C15H23NO3/c1-5-15-11(9-10-17)7-6-8-12(15)16(15)13(18)19-14(2,3)4/h9-10,12H,5-8H2,1-4H3/b11-9+/t12-,15+,16?/m1/s1. The van der Waals surface area contributed by atoms with E-state index in [2.05, 4.69) is 6.92 Å². The van der Waals surface area contributed by atoms with Crippen LogP contribution in [0.4, 0.5) is 4.79 Å². The zero-order valence-electron chi connectivity index (χ0n) is 12.2. The fourth-order valence-electron chi connectivity index (χ4n) is 3.38. The minimum atomic E-state index is -0.480. The molecule has 1 saturated carbocycles. The quantitative estimate of drug-likeness (QED) is 0.438. The maximum Gasteiger partial charge on any atom is 0.411 e. The minimum Gasteiger partial charge on any atom is -0.444 e. The lowest BCUT2D eigenvalue weighted by Crippen LogP contribution is -2.31. The summed E-state index contributed by atoms with van der Waals surface area (Å²) in [6.07, 6.45) is 6.01. The molecule has 2 atom stereocenters. The molecule has 2 rings (SSSR count). The molecule has 0 radical (unpaired) electrons. The molecule has 0 aromatic heterocycles. The highest BCUT2D eigenvalue weighted by Crippen LogP contribution is 2.56. The molecule has 106 valence electrons. The Morgan fingerprint density at radius 1 is 1.53 bits per heavy atom. The first-order valence-corrected chi connectivity index (χ1v) is 7.04. The van der Waals surface area contributed by atoms with E-state index in [1.807, 2.05) is 25.7 Å². The van der Waals surface area contributed by atoms with E-state index in [1.165, 1.54) is 0 Å². The molecular weight excluding hydrogens is 242 g/mol. The van der Waals surface area contributed by atoms with Crippen LogP contribution in [0.3, 0.4) is 0 Å². The van der Waals surface area contributed by atoms with Crippen molar-refractivity contribution in [3.63, 3.8) is 0 Å². The Balaban J connectivity index is 2.22. The van der Waals surface area contributed by atoms with Crippen LogP contribution in [0.2, 0.25) is 0 Å². The molecule has 0 aromatic carbocycles. The Morgan fingerprint density at radius 3 is 2.74 bits per heavy atom. The maximum atomic E-state index is 12.3. The third-order valence-electron chi connectivity index (χ3n) is 4.10. The van der Waals surface area contributed by atoms with Crippen LogP contribution in [0.1, 0.15) is 53.4 Å². The number of ether oxygens (including phenoxy) is 1. The van der Waals surface area contributed by atoms with Crippen LogP contribution in [-0.2, 0) is 9.53 Å². The fraction of sp³-hybridized carbons (Fsp3) is 0.733. The largest absolute Gasteiger partial charge is 0.444 e. The molecular formula is C15H23NO3. The molecule has 1 aliphatic heterocycles. The Hall–Kier alpha value is -1.32. The maximum absolute atomic E-state index is 12.3. The number of aldehydes is 1. The van der Waals surface area contributed by atoms with Gasteiger partial charge in [-0.1, -0.05) is 6.92 Å². The van der Waals surface area contributed by atoms with Crippen molar-refractivity contribution < 1.29 is 14.3 Å². The molecule has 0 N–H and O–H groups in total. The van der Waals surface area contributed by atoms with E-state index in [0.29, 0.717) is 0 Å². The topological polar surface area (TPSA) is 46.4 Å². The van der Waals surface area contributed by atoms with E-state index < -0.39 is 5.60 Å². The molecule has 0 spiro atoms. The summed E-state index contributed by atoms with van der Waals surface area (Å²) in [5, 5.41) is 0. The molecule has 0 bridgehead atoms. The van der Waals surface area contributed by atoms with Crippen LogP contribution in [0.25, 0.3) is 0 Å². The minimum absolute atomic E-state index is 0.215. The van der Waals surface area contributed by atoms with Gasteiger partial charge in [-0.05, 0) is 58.1 Å². The van der Waals surface area contributed by atoms with E-state index in [4.69, 9.17) is 4.74 Å². The van der Waals surface area contributed by atoms with Crippen molar-refractivity contribution in [1.82, 2.24) is 4.90 Å². The molecule has 0 aromatic rings. The average Bonchev–Trinajstić information content (AvgIpc) is 2.98. The van der Waals surface area contributed by atoms with Gasteiger partial charge in [-0.15, -0.1) is 0 Å². The first-order chi connectivity index (χ1) is 8.86. The SMILES string of the molecule is CC[C@]12/C(=C/C=O)CCC[C@H]1N2C(=O)OC(C)(C)C. The van der Waals surface area contributed by atoms with Crippen LogP contribution in [0.15, 0.2) is 11.6 Å². The average molecular weight is 265 g/mol. The third-order valence-corrected chi connectivity index (χ3v) is 4.10. The van der Waals surface area contributed by atoms with E-state index in [9.17, 15) is 9.59 Å². The highest BCUT2D eigenvalue weighted by atomic mass is 16.6. The predicted octanol–water partition coefficient (Wildman–Crippen LogP) is 3.06. The number of hydrogen-bond acceptors (Lipinski definition) is 3. The molecule has 4 nitrogen and oxygen atoms in total. The smallest absolute Gasteiger partial charge is 0.411 e. The number of likely N-dealkylation sites (tertiary alicyclic amines) is 1. The van der Waals surface area contributed by atoms with Gasteiger partial charge in [0.1, 0.15) is 11.9 Å². The van der Waals surface area contributed by atoms with Gasteiger partial charge >= 0.3 is 6.09 Å². The van der Waals surface area contributed by atoms with Crippen LogP contribution in [0, 0.1) is 0 Å². The highest BCUT2D eigenvalue weighted by Gasteiger charge is 2.67. The molecule has 1 heterocycles. The van der Waals surface area contributed by atoms with Crippen LogP contribution < -0.4 is 0 Å². The second kappa shape index (κ2) is 4.66. The fourth-order valence-corrected chi connectivity index (χ4v) is 3.38. The van der Waals surface area contributed by atoms with Crippen molar-refractivity contribution in [2.75, 3.05) is 0 Å². The lowest BCUT2D eigenvalue weighted by Gasteiger charge is -2.24. The summed E-state index contributed by atoms with van der Waals surface area (Å²) in [7, 11) is 0. The predicted molar refractivity (Wildman–Crippen MR) is 72.9 cm³/mol. The second-order valence-electron chi connectivity index (χ2n) is 6.36. The van der Waals surface area contributed by atoms with Gasteiger partial charge in [0.05, 0.1) is 11.6 Å². The Kier molecular flexibility index (Phi) is 3.45. The number of hydrogen-bond donors (Lipinski definition) is 0. The Labute approximate surface area is 114 Å². The van der Waals surface area contributed by atoms with Gasteiger partial charge in [-0.2, -0.15) is 0 Å². The molecule has 1 amide bonds. The molecule has 1 saturated heterocycles. The van der Waals surface area contributed by atoms with Crippen LogP contribution >= 0.6 is 0 Å². The molecule has 2 aliphatic rings. The van der Waals surface area contributed by atoms with Gasteiger partial charge in [0.2, 0.25) is 0 Å². The summed E-state index contributed by atoms with van der Waals surface area (Å²) in [4.78, 5) is 24.9. The summed E-state index contributed by atoms with van der Waals surface area (Å²) in [6, 6.07) is 0.215. The molecule has 0 unspecified atom stereocenters. The van der Waals surface area contributed by atoms with E-state index >= 15 is 0 Å². The summed E-state index contributed by atoms with van der Waals surface area (Å²) in [6.45, 7) is 7.69. The second-order valence-corrected chi connectivity index (χ2v) is 6.36. The lowest BCUT2D eigenvalue weighted by atomic mass is 9.82. The highest BCUT2D eigenvalue weighted by molar-refractivity contribution is 5.78. The van der Waals surface area contributed by atoms with Gasteiger partial charge < -0.3 is 4.74 Å².